The molecule has 1 amide bonds. The molecule has 2 aromatic rings. The number of halogens is 1. The van der Waals surface area contributed by atoms with E-state index in [2.05, 4.69) is 21.7 Å². The van der Waals surface area contributed by atoms with E-state index in [-0.39, 0.29) is 18.3 Å². The number of carbonyl (C=O) groups excluding carboxylic acids is 1. The van der Waals surface area contributed by atoms with Crippen LogP contribution in [0.5, 0.6) is 0 Å². The molecule has 0 spiro atoms. The molecule has 0 unspecified atom stereocenters. The van der Waals surface area contributed by atoms with Crippen molar-refractivity contribution in [2.45, 2.75) is 32.7 Å². The first-order chi connectivity index (χ1) is 11.0. The third-order valence-corrected chi connectivity index (χ3v) is 4.31. The van der Waals surface area contributed by atoms with E-state index >= 15 is 0 Å². The molecule has 1 aliphatic rings. The van der Waals surface area contributed by atoms with Crippen molar-refractivity contribution in [2.75, 3.05) is 25.0 Å². The first-order valence-corrected chi connectivity index (χ1v) is 8.03. The van der Waals surface area contributed by atoms with Crippen molar-refractivity contribution in [3.8, 4) is 0 Å². The zero-order chi connectivity index (χ0) is 16.4. The number of aryl methyl sites for hydroxylation is 2. The van der Waals surface area contributed by atoms with Gasteiger partial charge in [0, 0.05) is 12.7 Å². The predicted molar refractivity (Wildman–Crippen MR) is 97.1 cm³/mol. The van der Waals surface area contributed by atoms with E-state index in [1.807, 2.05) is 30.7 Å². The van der Waals surface area contributed by atoms with E-state index in [4.69, 9.17) is 0 Å². The Hall–Kier alpha value is -1.92. The molecule has 3 rings (SSSR count). The summed E-state index contributed by atoms with van der Waals surface area (Å²) >= 11 is 0. The summed E-state index contributed by atoms with van der Waals surface area (Å²) < 4.78 is 1.84. The molecule has 1 aromatic heterocycles. The normalized spacial score (nSPS) is 15.0. The van der Waals surface area contributed by atoms with E-state index < -0.39 is 0 Å². The van der Waals surface area contributed by atoms with Gasteiger partial charge in [0.1, 0.15) is 0 Å². The van der Waals surface area contributed by atoms with Crippen LogP contribution in [0, 0.1) is 13.8 Å². The second-order valence-electron chi connectivity index (χ2n) is 6.28. The molecule has 1 aliphatic heterocycles. The Balaban J connectivity index is 0.00000208. The monoisotopic (exact) mass is 349 g/mol. The highest BCUT2D eigenvalue weighted by Crippen LogP contribution is 2.20. The van der Waals surface area contributed by atoms with Crippen molar-refractivity contribution in [3.05, 3.63) is 41.2 Å². The fourth-order valence-electron chi connectivity index (χ4n) is 3.06. The maximum atomic E-state index is 12.7. The molecule has 1 aromatic carbocycles. The summed E-state index contributed by atoms with van der Waals surface area (Å²) in [7, 11) is 1.78. The SMILES string of the molecule is Cc1cc(C)cc(N(C)C(=O)c2cn(C3CCNCC3)nn2)c1.Cl. The summed E-state index contributed by atoms with van der Waals surface area (Å²) in [4.78, 5) is 14.3. The number of aromatic nitrogens is 3. The van der Waals surface area contributed by atoms with Crippen LogP contribution < -0.4 is 10.2 Å². The van der Waals surface area contributed by atoms with Gasteiger partial charge in [0.05, 0.1) is 12.2 Å². The van der Waals surface area contributed by atoms with Gasteiger partial charge in [-0.1, -0.05) is 11.3 Å². The third kappa shape index (κ3) is 3.94. The highest BCUT2D eigenvalue weighted by molar-refractivity contribution is 6.04. The zero-order valence-electron chi connectivity index (χ0n) is 14.3. The standard InChI is InChI=1S/C17H23N5O.ClH/c1-12-8-13(2)10-15(9-12)21(3)17(23)16-11-22(20-19-16)14-4-6-18-7-5-14;/h8-11,14,18H,4-7H2,1-3H3;1H. The molecular formula is C17H24ClN5O. The summed E-state index contributed by atoms with van der Waals surface area (Å²) in [5, 5.41) is 11.6. The largest absolute Gasteiger partial charge is 0.317 e. The van der Waals surface area contributed by atoms with Gasteiger partial charge >= 0.3 is 0 Å². The Labute approximate surface area is 148 Å². The first-order valence-electron chi connectivity index (χ1n) is 8.03. The molecule has 1 fully saturated rings. The smallest absolute Gasteiger partial charge is 0.280 e. The molecule has 1 N–H and O–H groups in total. The van der Waals surface area contributed by atoms with E-state index in [1.165, 1.54) is 0 Å². The molecule has 130 valence electrons. The summed E-state index contributed by atoms with van der Waals surface area (Å²) in [6.07, 6.45) is 3.81. The molecule has 0 radical (unpaired) electrons. The van der Waals surface area contributed by atoms with Crippen molar-refractivity contribution < 1.29 is 4.79 Å². The lowest BCUT2D eigenvalue weighted by atomic mass is 10.1. The lowest BCUT2D eigenvalue weighted by Crippen LogP contribution is -2.29. The van der Waals surface area contributed by atoms with Gasteiger partial charge in [-0.2, -0.15) is 0 Å². The number of benzene rings is 1. The number of nitrogens with one attached hydrogen (secondary N) is 1. The third-order valence-electron chi connectivity index (χ3n) is 4.31. The molecule has 2 heterocycles. The lowest BCUT2D eigenvalue weighted by molar-refractivity contribution is 0.0988. The molecule has 0 atom stereocenters. The van der Waals surface area contributed by atoms with Crippen molar-refractivity contribution >= 4 is 24.0 Å². The lowest BCUT2D eigenvalue weighted by Gasteiger charge is -2.22. The molecule has 6 nitrogen and oxygen atoms in total. The zero-order valence-corrected chi connectivity index (χ0v) is 15.1. The predicted octanol–water partition coefficient (Wildman–Crippen LogP) is 2.52. The summed E-state index contributed by atoms with van der Waals surface area (Å²) in [5.41, 5.74) is 3.55. The second kappa shape index (κ2) is 7.77. The highest BCUT2D eigenvalue weighted by atomic mass is 35.5. The topological polar surface area (TPSA) is 63.1 Å². The van der Waals surface area contributed by atoms with Crippen LogP contribution in [-0.2, 0) is 0 Å². The van der Waals surface area contributed by atoms with Gasteiger partial charge in [0.2, 0.25) is 0 Å². The van der Waals surface area contributed by atoms with Crippen molar-refractivity contribution in [1.29, 1.82) is 0 Å². The van der Waals surface area contributed by atoms with Gasteiger partial charge in [0.15, 0.2) is 5.69 Å². The van der Waals surface area contributed by atoms with Crippen LogP contribution in [0.15, 0.2) is 24.4 Å². The van der Waals surface area contributed by atoms with Gasteiger partial charge in [-0.3, -0.25) is 4.79 Å². The number of nitrogens with zero attached hydrogens (tertiary/aromatic N) is 4. The number of piperidine rings is 1. The summed E-state index contributed by atoms with van der Waals surface area (Å²) in [6, 6.07) is 6.43. The van der Waals surface area contributed by atoms with Crippen LogP contribution in [0.2, 0.25) is 0 Å². The summed E-state index contributed by atoms with van der Waals surface area (Å²) in [5.74, 6) is -0.129. The Bertz CT molecular complexity index is 689. The van der Waals surface area contributed by atoms with Gasteiger partial charge in [-0.15, -0.1) is 17.5 Å². The van der Waals surface area contributed by atoms with E-state index in [1.54, 1.807) is 18.1 Å². The Morgan fingerprint density at radius 1 is 1.21 bits per heavy atom. The molecule has 0 saturated carbocycles. The van der Waals surface area contributed by atoms with Crippen LogP contribution in [0.25, 0.3) is 0 Å². The molecule has 24 heavy (non-hydrogen) atoms. The van der Waals surface area contributed by atoms with Gasteiger partial charge in [0.25, 0.3) is 5.91 Å². The fraction of sp³-hybridized carbons (Fsp3) is 0.471. The molecular weight excluding hydrogens is 326 g/mol. The average Bonchev–Trinajstić information content (AvgIpc) is 3.03. The number of amides is 1. The molecule has 1 saturated heterocycles. The van der Waals surface area contributed by atoms with Crippen molar-refractivity contribution in [3.63, 3.8) is 0 Å². The minimum atomic E-state index is -0.129. The Morgan fingerprint density at radius 2 is 1.83 bits per heavy atom. The minimum absolute atomic E-state index is 0. The molecule has 0 bridgehead atoms. The number of carbonyl (C=O) groups is 1. The maximum Gasteiger partial charge on any atom is 0.280 e. The van der Waals surface area contributed by atoms with Gasteiger partial charge in [-0.25, -0.2) is 4.68 Å². The number of rotatable bonds is 3. The quantitative estimate of drug-likeness (QED) is 0.924. The van der Waals surface area contributed by atoms with Crippen LogP contribution in [0.4, 0.5) is 5.69 Å². The molecule has 0 aliphatic carbocycles. The van der Waals surface area contributed by atoms with Gasteiger partial charge < -0.3 is 10.2 Å². The van der Waals surface area contributed by atoms with E-state index in [0.717, 1.165) is 42.7 Å². The highest BCUT2D eigenvalue weighted by Gasteiger charge is 2.21. The Morgan fingerprint density at radius 3 is 2.46 bits per heavy atom. The number of hydrogen-bond acceptors (Lipinski definition) is 4. The van der Waals surface area contributed by atoms with Crippen LogP contribution in [-0.4, -0.2) is 41.0 Å². The van der Waals surface area contributed by atoms with Gasteiger partial charge in [-0.05, 0) is 63.0 Å². The first kappa shape index (κ1) is 18.4. The second-order valence-corrected chi connectivity index (χ2v) is 6.28. The van der Waals surface area contributed by atoms with E-state index in [0.29, 0.717) is 11.7 Å². The van der Waals surface area contributed by atoms with E-state index in [9.17, 15) is 4.79 Å². The fourth-order valence-corrected chi connectivity index (χ4v) is 3.06. The van der Waals surface area contributed by atoms with Crippen LogP contribution in [0.3, 0.4) is 0 Å². The Kier molecular flexibility index (Phi) is 5.96. The van der Waals surface area contributed by atoms with Crippen LogP contribution in [0.1, 0.15) is 40.5 Å². The number of hydrogen-bond donors (Lipinski definition) is 1. The van der Waals surface area contributed by atoms with Crippen molar-refractivity contribution in [1.82, 2.24) is 20.3 Å². The summed E-state index contributed by atoms with van der Waals surface area (Å²) in [6.45, 7) is 6.02. The maximum absolute atomic E-state index is 12.7. The average molecular weight is 350 g/mol. The number of anilines is 1. The van der Waals surface area contributed by atoms with Crippen LogP contribution >= 0.6 is 12.4 Å². The minimum Gasteiger partial charge on any atom is -0.317 e. The van der Waals surface area contributed by atoms with Crippen molar-refractivity contribution in [2.24, 2.45) is 0 Å². The molecule has 7 heteroatoms.